The number of benzene rings is 2. The Morgan fingerprint density at radius 3 is 2.23 bits per heavy atom. The molecule has 0 N–H and O–H groups in total. The summed E-state index contributed by atoms with van der Waals surface area (Å²) in [5, 5.41) is 0. The van der Waals surface area contributed by atoms with Crippen molar-refractivity contribution < 1.29 is 19.1 Å². The molecule has 2 atom stereocenters. The second-order valence-electron chi connectivity index (χ2n) is 8.48. The van der Waals surface area contributed by atoms with Gasteiger partial charge in [-0.2, -0.15) is 0 Å². The minimum absolute atomic E-state index is 0.168. The predicted molar refractivity (Wildman–Crippen MR) is 114 cm³/mol. The van der Waals surface area contributed by atoms with Crippen LogP contribution in [-0.4, -0.2) is 34.5 Å². The van der Waals surface area contributed by atoms with Crippen molar-refractivity contribution in [1.82, 2.24) is 4.90 Å². The first-order valence-corrected chi connectivity index (χ1v) is 9.91. The first-order valence-electron chi connectivity index (χ1n) is 9.91. The van der Waals surface area contributed by atoms with Gasteiger partial charge in [0.15, 0.2) is 0 Å². The number of carbonyl (C=O) groups is 3. The third kappa shape index (κ3) is 3.28. The third-order valence-corrected chi connectivity index (χ3v) is 5.24. The fourth-order valence-corrected chi connectivity index (χ4v) is 4.17. The van der Waals surface area contributed by atoms with E-state index in [1.807, 2.05) is 48.5 Å². The maximum Gasteiger partial charge on any atom is 0.417 e. The van der Waals surface area contributed by atoms with Gasteiger partial charge in [-0.25, -0.2) is 9.69 Å². The van der Waals surface area contributed by atoms with Gasteiger partial charge in [0.1, 0.15) is 5.60 Å². The Bertz CT molecular complexity index is 1070. The molecule has 0 saturated carbocycles. The molecule has 2 aliphatic heterocycles. The highest BCUT2D eigenvalue weighted by atomic mass is 16.6. The van der Waals surface area contributed by atoms with E-state index in [0.717, 1.165) is 27.3 Å². The van der Waals surface area contributed by atoms with Crippen molar-refractivity contribution in [2.24, 2.45) is 0 Å². The number of anilines is 1. The molecule has 2 aliphatic rings. The standard InChI is InChI=1S/C24H24N2O4/c1-15(27)25-19-12-8-7-10-17(19)16-9-5-6-11-18(16)22(25)20-13-14-21(28)26(20)23(29)30-24(2,3)4/h5-14,20,22H,1-4H3/t20-,22-/m1/s1. The molecule has 0 fully saturated rings. The van der Waals surface area contributed by atoms with Crippen LogP contribution in [0.4, 0.5) is 10.5 Å². The average molecular weight is 404 g/mol. The molecule has 6 nitrogen and oxygen atoms in total. The molecule has 0 spiro atoms. The van der Waals surface area contributed by atoms with Gasteiger partial charge in [0, 0.05) is 18.6 Å². The lowest BCUT2D eigenvalue weighted by Crippen LogP contribution is -2.51. The topological polar surface area (TPSA) is 66.9 Å². The highest BCUT2D eigenvalue weighted by Gasteiger charge is 2.45. The fraction of sp³-hybridized carbons (Fsp3) is 0.292. The summed E-state index contributed by atoms with van der Waals surface area (Å²) in [5.41, 5.74) is 2.81. The van der Waals surface area contributed by atoms with E-state index in [9.17, 15) is 14.4 Å². The van der Waals surface area contributed by atoms with Crippen LogP contribution in [0.1, 0.15) is 39.3 Å². The van der Waals surface area contributed by atoms with Crippen LogP contribution >= 0.6 is 0 Å². The minimum atomic E-state index is -0.748. The van der Waals surface area contributed by atoms with Gasteiger partial charge in [0.25, 0.3) is 5.91 Å². The second kappa shape index (κ2) is 7.13. The number of carbonyl (C=O) groups excluding carboxylic acids is 3. The molecule has 2 heterocycles. The number of ether oxygens (including phenoxy) is 1. The van der Waals surface area contributed by atoms with Crippen LogP contribution in [0, 0.1) is 0 Å². The Hall–Kier alpha value is -3.41. The van der Waals surface area contributed by atoms with Crippen molar-refractivity contribution in [3.63, 3.8) is 0 Å². The molecule has 2 aromatic rings. The van der Waals surface area contributed by atoms with Crippen LogP contribution in [-0.2, 0) is 14.3 Å². The number of para-hydroxylation sites is 1. The number of nitrogens with zero attached hydrogens (tertiary/aromatic N) is 2. The molecule has 6 heteroatoms. The highest BCUT2D eigenvalue weighted by Crippen LogP contribution is 2.47. The SMILES string of the molecule is CC(=O)N1c2ccccc2-c2ccccc2[C@@H]1[C@H]1C=CC(=O)N1C(=O)OC(C)(C)C. The predicted octanol–water partition coefficient (Wildman–Crippen LogP) is 4.46. The first kappa shape index (κ1) is 19.9. The molecule has 30 heavy (non-hydrogen) atoms. The zero-order valence-electron chi connectivity index (χ0n) is 17.5. The van der Waals surface area contributed by atoms with E-state index in [4.69, 9.17) is 4.74 Å². The lowest BCUT2D eigenvalue weighted by molar-refractivity contribution is -0.126. The number of rotatable bonds is 1. The van der Waals surface area contributed by atoms with E-state index < -0.39 is 29.7 Å². The summed E-state index contributed by atoms with van der Waals surface area (Å²) < 4.78 is 5.49. The van der Waals surface area contributed by atoms with E-state index in [1.165, 1.54) is 13.0 Å². The largest absolute Gasteiger partial charge is 0.443 e. The van der Waals surface area contributed by atoms with E-state index in [-0.39, 0.29) is 5.91 Å². The normalized spacial score (nSPS) is 20.1. The second-order valence-corrected chi connectivity index (χ2v) is 8.48. The molecule has 0 saturated heterocycles. The molecular formula is C24H24N2O4. The Labute approximate surface area is 175 Å². The van der Waals surface area contributed by atoms with Gasteiger partial charge in [-0.15, -0.1) is 0 Å². The summed E-state index contributed by atoms with van der Waals surface area (Å²) in [6.07, 6.45) is 2.33. The lowest BCUT2D eigenvalue weighted by Gasteiger charge is -2.42. The van der Waals surface area contributed by atoms with Crippen molar-refractivity contribution in [3.05, 3.63) is 66.2 Å². The molecule has 0 aliphatic carbocycles. The van der Waals surface area contributed by atoms with Crippen LogP contribution in [0.5, 0.6) is 0 Å². The molecule has 154 valence electrons. The summed E-state index contributed by atoms with van der Waals surface area (Å²) in [7, 11) is 0. The third-order valence-electron chi connectivity index (χ3n) is 5.24. The van der Waals surface area contributed by atoms with E-state index in [0.29, 0.717) is 0 Å². The Balaban J connectivity index is 1.86. The number of hydrogen-bond acceptors (Lipinski definition) is 4. The Kier molecular flexibility index (Phi) is 4.73. The Morgan fingerprint density at radius 1 is 0.933 bits per heavy atom. The average Bonchev–Trinajstić information content (AvgIpc) is 3.06. The summed E-state index contributed by atoms with van der Waals surface area (Å²) in [6, 6.07) is 14.2. The molecule has 2 aromatic carbocycles. The number of fused-ring (bicyclic) bond motifs is 3. The Morgan fingerprint density at radius 2 is 1.57 bits per heavy atom. The molecule has 0 bridgehead atoms. The van der Waals surface area contributed by atoms with Crippen LogP contribution in [0.15, 0.2) is 60.7 Å². The zero-order chi connectivity index (χ0) is 21.6. The zero-order valence-corrected chi connectivity index (χ0v) is 17.5. The van der Waals surface area contributed by atoms with Gasteiger partial charge in [0.05, 0.1) is 17.8 Å². The van der Waals surface area contributed by atoms with Crippen molar-refractivity contribution >= 4 is 23.6 Å². The van der Waals surface area contributed by atoms with Gasteiger partial charge in [0.2, 0.25) is 5.91 Å². The maximum absolute atomic E-state index is 12.9. The smallest absolute Gasteiger partial charge is 0.417 e. The number of amides is 3. The van der Waals surface area contributed by atoms with Crippen LogP contribution in [0.2, 0.25) is 0 Å². The van der Waals surface area contributed by atoms with Crippen molar-refractivity contribution in [2.45, 2.75) is 45.4 Å². The lowest BCUT2D eigenvalue weighted by atomic mass is 9.84. The van der Waals surface area contributed by atoms with Gasteiger partial charge in [-0.1, -0.05) is 48.5 Å². The van der Waals surface area contributed by atoms with E-state index >= 15 is 0 Å². The first-order chi connectivity index (χ1) is 14.2. The van der Waals surface area contributed by atoms with Gasteiger partial charge < -0.3 is 9.64 Å². The molecule has 0 unspecified atom stereocenters. The maximum atomic E-state index is 12.9. The quantitative estimate of drug-likeness (QED) is 0.704. The molecule has 3 amide bonds. The molecule has 0 radical (unpaired) electrons. The fourth-order valence-electron chi connectivity index (χ4n) is 4.17. The van der Waals surface area contributed by atoms with Crippen LogP contribution in [0.25, 0.3) is 11.1 Å². The number of hydrogen-bond donors (Lipinski definition) is 0. The van der Waals surface area contributed by atoms with Gasteiger partial charge in [-0.05, 0) is 38.0 Å². The number of imide groups is 1. The minimum Gasteiger partial charge on any atom is -0.443 e. The summed E-state index contributed by atoms with van der Waals surface area (Å²) in [4.78, 5) is 41.1. The summed E-state index contributed by atoms with van der Waals surface area (Å²) in [6.45, 7) is 6.75. The van der Waals surface area contributed by atoms with Gasteiger partial charge >= 0.3 is 6.09 Å². The van der Waals surface area contributed by atoms with Crippen molar-refractivity contribution in [1.29, 1.82) is 0 Å². The summed E-state index contributed by atoms with van der Waals surface area (Å²) in [5.74, 6) is -0.618. The molecule has 4 rings (SSSR count). The molecular weight excluding hydrogens is 380 g/mol. The van der Waals surface area contributed by atoms with Crippen LogP contribution < -0.4 is 4.90 Å². The highest BCUT2D eigenvalue weighted by molar-refractivity contribution is 6.04. The van der Waals surface area contributed by atoms with Crippen molar-refractivity contribution in [2.75, 3.05) is 4.90 Å². The monoisotopic (exact) mass is 404 g/mol. The van der Waals surface area contributed by atoms with Crippen LogP contribution in [0.3, 0.4) is 0 Å². The summed E-state index contributed by atoms with van der Waals surface area (Å²) >= 11 is 0. The van der Waals surface area contributed by atoms with Crippen molar-refractivity contribution in [3.8, 4) is 11.1 Å². The van der Waals surface area contributed by atoms with Gasteiger partial charge in [-0.3, -0.25) is 9.59 Å². The molecule has 0 aromatic heterocycles. The van der Waals surface area contributed by atoms with E-state index in [1.54, 1.807) is 31.7 Å². The van der Waals surface area contributed by atoms with E-state index in [2.05, 4.69) is 0 Å².